The number of nitrogens with one attached hydrogen (secondary N) is 1. The maximum atomic E-state index is 13.1. The molecule has 1 N–H and O–H groups in total. The van der Waals surface area contributed by atoms with Crippen LogP contribution in [-0.4, -0.2) is 6.54 Å². The zero-order chi connectivity index (χ0) is 15.2. The first-order valence-corrected chi connectivity index (χ1v) is 7.34. The molecule has 0 amide bonds. The molecule has 2 aromatic rings. The molecule has 0 unspecified atom stereocenters. The molecule has 3 nitrogen and oxygen atoms in total. The molecule has 0 aliphatic rings. The minimum Gasteiger partial charge on any atom is -0.489 e. The van der Waals surface area contributed by atoms with Crippen LogP contribution in [-0.2, 0) is 13.2 Å². The fourth-order valence-electron chi connectivity index (χ4n) is 1.93. The predicted octanol–water partition coefficient (Wildman–Crippen LogP) is 4.46. The molecular formula is C16H19ClFNO2. The van der Waals surface area contributed by atoms with Gasteiger partial charge in [-0.05, 0) is 38.1 Å². The second-order valence-corrected chi connectivity index (χ2v) is 5.24. The number of halogens is 2. The number of benzene rings is 1. The lowest BCUT2D eigenvalue weighted by molar-refractivity contribution is 0.302. The lowest BCUT2D eigenvalue weighted by atomic mass is 10.2. The first-order chi connectivity index (χ1) is 10.1. The van der Waals surface area contributed by atoms with Crippen LogP contribution < -0.4 is 10.1 Å². The Labute approximate surface area is 129 Å². The average molecular weight is 312 g/mol. The summed E-state index contributed by atoms with van der Waals surface area (Å²) in [4.78, 5) is 0. The van der Waals surface area contributed by atoms with Crippen LogP contribution in [0.4, 0.5) is 4.39 Å². The van der Waals surface area contributed by atoms with Crippen molar-refractivity contribution in [2.45, 2.75) is 33.4 Å². The maximum absolute atomic E-state index is 13.1. The van der Waals surface area contributed by atoms with E-state index in [1.807, 2.05) is 13.0 Å². The summed E-state index contributed by atoms with van der Waals surface area (Å²) in [6.07, 6.45) is 1.08. The summed E-state index contributed by atoms with van der Waals surface area (Å²) in [5.41, 5.74) is 0.976. The monoisotopic (exact) mass is 311 g/mol. The molecule has 1 aromatic heterocycles. The lowest BCUT2D eigenvalue weighted by Gasteiger charge is -2.05. The van der Waals surface area contributed by atoms with E-state index in [1.54, 1.807) is 6.07 Å². The second-order valence-electron chi connectivity index (χ2n) is 4.84. The average Bonchev–Trinajstić information content (AvgIpc) is 2.81. The molecule has 0 radical (unpaired) electrons. The molecule has 0 bridgehead atoms. The highest BCUT2D eigenvalue weighted by molar-refractivity contribution is 6.30. The van der Waals surface area contributed by atoms with Gasteiger partial charge in [-0.1, -0.05) is 18.5 Å². The van der Waals surface area contributed by atoms with Gasteiger partial charge < -0.3 is 14.5 Å². The molecule has 0 aliphatic heterocycles. The van der Waals surface area contributed by atoms with E-state index in [0.29, 0.717) is 18.9 Å². The number of ether oxygens (including phenoxy) is 1. The van der Waals surface area contributed by atoms with Crippen LogP contribution in [0, 0.1) is 12.7 Å². The van der Waals surface area contributed by atoms with Crippen LogP contribution in [0.1, 0.15) is 30.4 Å². The zero-order valence-corrected chi connectivity index (χ0v) is 13.0. The number of furan rings is 1. The van der Waals surface area contributed by atoms with E-state index in [1.165, 1.54) is 12.1 Å². The van der Waals surface area contributed by atoms with Crippen LogP contribution in [0.2, 0.25) is 5.02 Å². The SMILES string of the molecule is CCCNCc1cc(COc2ccc(F)c(Cl)c2)c(C)o1. The van der Waals surface area contributed by atoms with Gasteiger partial charge in [0.1, 0.15) is 29.7 Å². The van der Waals surface area contributed by atoms with Gasteiger partial charge in [-0.3, -0.25) is 0 Å². The van der Waals surface area contributed by atoms with E-state index >= 15 is 0 Å². The number of hydrogen-bond acceptors (Lipinski definition) is 3. The van der Waals surface area contributed by atoms with Gasteiger partial charge >= 0.3 is 0 Å². The topological polar surface area (TPSA) is 34.4 Å². The minimum atomic E-state index is -0.451. The molecule has 0 aliphatic carbocycles. The van der Waals surface area contributed by atoms with Gasteiger partial charge in [0.25, 0.3) is 0 Å². The zero-order valence-electron chi connectivity index (χ0n) is 12.2. The van der Waals surface area contributed by atoms with Crippen molar-refractivity contribution < 1.29 is 13.5 Å². The highest BCUT2D eigenvalue weighted by Gasteiger charge is 2.09. The normalized spacial score (nSPS) is 10.9. The Balaban J connectivity index is 1.94. The van der Waals surface area contributed by atoms with Gasteiger partial charge in [0, 0.05) is 11.6 Å². The maximum Gasteiger partial charge on any atom is 0.142 e. The molecule has 0 spiro atoms. The molecular weight excluding hydrogens is 293 g/mol. The summed E-state index contributed by atoms with van der Waals surface area (Å²) in [7, 11) is 0. The number of hydrogen-bond donors (Lipinski definition) is 1. The number of aryl methyl sites for hydroxylation is 1. The van der Waals surface area contributed by atoms with Crippen molar-refractivity contribution in [1.82, 2.24) is 5.32 Å². The molecule has 0 fully saturated rings. The van der Waals surface area contributed by atoms with Gasteiger partial charge in [0.2, 0.25) is 0 Å². The van der Waals surface area contributed by atoms with E-state index in [4.69, 9.17) is 20.8 Å². The van der Waals surface area contributed by atoms with Crippen LogP contribution in [0.3, 0.4) is 0 Å². The lowest BCUT2D eigenvalue weighted by Crippen LogP contribution is -2.13. The molecule has 0 atom stereocenters. The Morgan fingerprint density at radius 1 is 1.33 bits per heavy atom. The third kappa shape index (κ3) is 4.48. The molecule has 5 heteroatoms. The molecule has 114 valence electrons. The minimum absolute atomic E-state index is 0.0564. The fourth-order valence-corrected chi connectivity index (χ4v) is 2.10. The van der Waals surface area contributed by atoms with Gasteiger partial charge in [0.15, 0.2) is 0 Å². The molecule has 2 rings (SSSR count). The third-order valence-corrected chi connectivity index (χ3v) is 3.37. The van der Waals surface area contributed by atoms with Crippen molar-refractivity contribution in [3.05, 3.63) is 52.2 Å². The highest BCUT2D eigenvalue weighted by atomic mass is 35.5. The van der Waals surface area contributed by atoms with Gasteiger partial charge in [-0.2, -0.15) is 0 Å². The Morgan fingerprint density at radius 2 is 2.14 bits per heavy atom. The van der Waals surface area contributed by atoms with E-state index in [2.05, 4.69) is 12.2 Å². The van der Waals surface area contributed by atoms with E-state index in [0.717, 1.165) is 30.0 Å². The first kappa shape index (κ1) is 15.9. The summed E-state index contributed by atoms with van der Waals surface area (Å²) in [6, 6.07) is 6.29. The number of rotatable bonds is 7. The quantitative estimate of drug-likeness (QED) is 0.767. The van der Waals surface area contributed by atoms with E-state index in [9.17, 15) is 4.39 Å². The largest absolute Gasteiger partial charge is 0.489 e. The summed E-state index contributed by atoms with van der Waals surface area (Å²) in [5.74, 6) is 1.80. The standard InChI is InChI=1S/C16H19ClFNO2/c1-3-6-19-9-14-7-12(11(2)21-14)10-20-13-4-5-16(18)15(17)8-13/h4-5,7-8,19H,3,6,9-10H2,1-2H3. The van der Waals surface area contributed by atoms with Crippen LogP contribution in [0.25, 0.3) is 0 Å². The third-order valence-electron chi connectivity index (χ3n) is 3.08. The summed E-state index contributed by atoms with van der Waals surface area (Å²) < 4.78 is 24.3. The van der Waals surface area contributed by atoms with Crippen molar-refractivity contribution in [2.75, 3.05) is 6.54 Å². The van der Waals surface area contributed by atoms with Crippen molar-refractivity contribution in [3.8, 4) is 5.75 Å². The Kier molecular flexibility index (Phi) is 5.65. The van der Waals surface area contributed by atoms with Crippen LogP contribution in [0.15, 0.2) is 28.7 Å². The Hall–Kier alpha value is -1.52. The summed E-state index contributed by atoms with van der Waals surface area (Å²) in [5, 5.41) is 3.34. The molecule has 1 heterocycles. The van der Waals surface area contributed by atoms with Crippen molar-refractivity contribution in [3.63, 3.8) is 0 Å². The smallest absolute Gasteiger partial charge is 0.142 e. The van der Waals surface area contributed by atoms with E-state index in [-0.39, 0.29) is 5.02 Å². The Morgan fingerprint density at radius 3 is 2.86 bits per heavy atom. The fraction of sp³-hybridized carbons (Fsp3) is 0.375. The summed E-state index contributed by atoms with van der Waals surface area (Å²) in [6.45, 7) is 6.05. The molecule has 0 saturated heterocycles. The Bertz CT molecular complexity index is 598. The summed E-state index contributed by atoms with van der Waals surface area (Å²) >= 11 is 5.72. The van der Waals surface area contributed by atoms with Gasteiger partial charge in [0.05, 0.1) is 11.6 Å². The first-order valence-electron chi connectivity index (χ1n) is 6.97. The predicted molar refractivity (Wildman–Crippen MR) is 81.2 cm³/mol. The van der Waals surface area contributed by atoms with E-state index < -0.39 is 5.82 Å². The van der Waals surface area contributed by atoms with Gasteiger partial charge in [-0.15, -0.1) is 0 Å². The van der Waals surface area contributed by atoms with Crippen LogP contribution >= 0.6 is 11.6 Å². The molecule has 21 heavy (non-hydrogen) atoms. The second kappa shape index (κ2) is 7.48. The van der Waals surface area contributed by atoms with Crippen molar-refractivity contribution in [1.29, 1.82) is 0 Å². The molecule has 1 aromatic carbocycles. The highest BCUT2D eigenvalue weighted by Crippen LogP contribution is 2.23. The van der Waals surface area contributed by atoms with Crippen molar-refractivity contribution >= 4 is 11.6 Å². The van der Waals surface area contributed by atoms with Gasteiger partial charge in [-0.25, -0.2) is 4.39 Å². The van der Waals surface area contributed by atoms with Crippen LogP contribution in [0.5, 0.6) is 5.75 Å². The van der Waals surface area contributed by atoms with Crippen molar-refractivity contribution in [2.24, 2.45) is 0 Å². The molecule has 0 saturated carbocycles.